The average Bonchev–Trinajstić information content (AvgIpc) is 2.66. The predicted molar refractivity (Wildman–Crippen MR) is 75.4 cm³/mol. The maximum atomic E-state index is 5.45. The molecule has 2 aromatic rings. The van der Waals surface area contributed by atoms with Gasteiger partial charge in [0.25, 0.3) is 0 Å². The fraction of sp³-hybridized carbons (Fsp3) is 0.182. The largest absolute Gasteiger partial charge is 0.454 e. The normalized spacial score (nSPS) is 10.4. The Morgan fingerprint density at radius 2 is 2.31 bits per heavy atom. The van der Waals surface area contributed by atoms with E-state index in [0.29, 0.717) is 6.54 Å². The Bertz CT molecular complexity index is 498. The van der Waals surface area contributed by atoms with Gasteiger partial charge in [-0.3, -0.25) is 0 Å². The second-order valence-electron chi connectivity index (χ2n) is 3.39. The van der Waals surface area contributed by atoms with Crippen LogP contribution in [-0.2, 0) is 6.54 Å². The Morgan fingerprint density at radius 3 is 2.94 bits per heavy atom. The Morgan fingerprint density at radius 1 is 1.50 bits per heavy atom. The second-order valence-corrected chi connectivity index (χ2v) is 5.21. The topological polar surface area (TPSA) is 38.1 Å². The van der Waals surface area contributed by atoms with Gasteiger partial charge in [0.2, 0.25) is 0 Å². The number of pyridine rings is 1. The van der Waals surface area contributed by atoms with Gasteiger partial charge in [-0.25, -0.2) is 4.98 Å². The van der Waals surface area contributed by atoms with Crippen molar-refractivity contribution < 1.29 is 4.42 Å². The van der Waals surface area contributed by atoms with Crippen molar-refractivity contribution in [2.24, 2.45) is 0 Å². The van der Waals surface area contributed by atoms with E-state index in [2.05, 4.69) is 48.8 Å². The molecule has 0 fully saturated rings. The van der Waals surface area contributed by atoms with Crippen LogP contribution >= 0.6 is 38.5 Å². The first kappa shape index (κ1) is 11.9. The zero-order valence-corrected chi connectivity index (χ0v) is 12.4. The van der Waals surface area contributed by atoms with Gasteiger partial charge in [0, 0.05) is 0 Å². The molecule has 0 unspecified atom stereocenters. The summed E-state index contributed by atoms with van der Waals surface area (Å²) in [5, 5.41) is 3.26. The summed E-state index contributed by atoms with van der Waals surface area (Å²) < 4.78 is 7.24. The number of rotatable bonds is 3. The molecule has 0 saturated heterocycles. The van der Waals surface area contributed by atoms with E-state index in [-0.39, 0.29) is 0 Å². The zero-order valence-electron chi connectivity index (χ0n) is 8.63. The van der Waals surface area contributed by atoms with Crippen LogP contribution in [0.2, 0.25) is 0 Å². The molecule has 0 spiro atoms. The Kier molecular flexibility index (Phi) is 3.86. The van der Waals surface area contributed by atoms with Gasteiger partial charge in [-0.05, 0) is 69.2 Å². The van der Waals surface area contributed by atoms with Crippen LogP contribution in [0.1, 0.15) is 11.3 Å². The van der Waals surface area contributed by atoms with Crippen molar-refractivity contribution in [1.29, 1.82) is 0 Å². The lowest BCUT2D eigenvalue weighted by atomic mass is 10.3. The first-order valence-corrected chi connectivity index (χ1v) is 6.62. The van der Waals surface area contributed by atoms with E-state index in [1.807, 2.05) is 25.1 Å². The average molecular weight is 393 g/mol. The molecule has 0 aliphatic rings. The van der Waals surface area contributed by atoms with Gasteiger partial charge in [-0.2, -0.15) is 0 Å². The highest BCUT2D eigenvalue weighted by Crippen LogP contribution is 2.18. The van der Waals surface area contributed by atoms with E-state index in [1.54, 1.807) is 6.20 Å². The molecule has 5 heteroatoms. The minimum atomic E-state index is 0.672. The van der Waals surface area contributed by atoms with Gasteiger partial charge >= 0.3 is 0 Å². The van der Waals surface area contributed by atoms with Crippen molar-refractivity contribution in [1.82, 2.24) is 4.98 Å². The van der Waals surface area contributed by atoms with Crippen LogP contribution in [0, 0.1) is 10.7 Å². The predicted octanol–water partition coefficient (Wildman–Crippen LogP) is 3.96. The zero-order chi connectivity index (χ0) is 11.5. The van der Waals surface area contributed by atoms with Crippen molar-refractivity contribution in [3.05, 3.63) is 44.1 Å². The highest BCUT2D eigenvalue weighted by Gasteiger charge is 2.01. The summed E-state index contributed by atoms with van der Waals surface area (Å²) >= 11 is 5.52. The van der Waals surface area contributed by atoms with Crippen LogP contribution in [0.15, 0.2) is 33.4 Å². The van der Waals surface area contributed by atoms with Crippen LogP contribution in [-0.4, -0.2) is 4.98 Å². The number of anilines is 1. The van der Waals surface area contributed by atoms with Crippen LogP contribution < -0.4 is 5.32 Å². The molecule has 0 saturated carbocycles. The van der Waals surface area contributed by atoms with Crippen LogP contribution in [0.25, 0.3) is 0 Å². The summed E-state index contributed by atoms with van der Waals surface area (Å²) in [7, 11) is 0. The minimum absolute atomic E-state index is 0.672. The third kappa shape index (κ3) is 2.98. The third-order valence-electron chi connectivity index (χ3n) is 2.11. The van der Waals surface area contributed by atoms with E-state index in [0.717, 1.165) is 25.4 Å². The lowest BCUT2D eigenvalue weighted by Gasteiger charge is -2.05. The van der Waals surface area contributed by atoms with Crippen molar-refractivity contribution in [3.63, 3.8) is 0 Å². The molecule has 2 aromatic heterocycles. The van der Waals surface area contributed by atoms with Gasteiger partial charge < -0.3 is 9.73 Å². The maximum Gasteiger partial charge on any atom is 0.164 e. The Hall–Kier alpha value is -0.560. The second kappa shape index (κ2) is 5.18. The molecule has 3 nitrogen and oxygen atoms in total. The quantitative estimate of drug-likeness (QED) is 0.634. The molecular weight excluding hydrogens is 383 g/mol. The van der Waals surface area contributed by atoms with E-state index >= 15 is 0 Å². The molecule has 84 valence electrons. The number of nitrogens with zero attached hydrogens (tertiary/aromatic N) is 1. The summed E-state index contributed by atoms with van der Waals surface area (Å²) in [6, 6.07) is 5.96. The number of furan rings is 1. The molecule has 0 aliphatic heterocycles. The standard InChI is InChI=1S/C11H10BrIN2O/c1-7-4-8(5-15-11(7)12)14-6-9-2-3-10(13)16-9/h2-5,14H,6H2,1H3. The number of aryl methyl sites for hydroxylation is 1. The van der Waals surface area contributed by atoms with Gasteiger partial charge in [0.1, 0.15) is 10.4 Å². The number of nitrogens with one attached hydrogen (secondary N) is 1. The maximum absolute atomic E-state index is 5.45. The molecule has 0 aliphatic carbocycles. The van der Waals surface area contributed by atoms with Crippen molar-refractivity contribution in [2.75, 3.05) is 5.32 Å². The van der Waals surface area contributed by atoms with E-state index in [9.17, 15) is 0 Å². The lowest BCUT2D eigenvalue weighted by Crippen LogP contribution is -1.99. The van der Waals surface area contributed by atoms with Crippen molar-refractivity contribution >= 4 is 44.2 Å². The Balaban J connectivity index is 2.02. The summed E-state index contributed by atoms with van der Waals surface area (Å²) in [5.41, 5.74) is 2.10. The molecule has 0 aromatic carbocycles. The molecular formula is C11H10BrIN2O. The van der Waals surface area contributed by atoms with Gasteiger partial charge in [0.15, 0.2) is 3.77 Å². The van der Waals surface area contributed by atoms with Crippen LogP contribution in [0.5, 0.6) is 0 Å². The monoisotopic (exact) mass is 392 g/mol. The molecule has 2 heterocycles. The highest BCUT2D eigenvalue weighted by atomic mass is 127. The summed E-state index contributed by atoms with van der Waals surface area (Å²) in [6.07, 6.45) is 1.80. The first-order valence-electron chi connectivity index (χ1n) is 4.75. The smallest absolute Gasteiger partial charge is 0.164 e. The molecule has 2 rings (SSSR count). The number of aromatic nitrogens is 1. The van der Waals surface area contributed by atoms with Gasteiger partial charge in [-0.1, -0.05) is 0 Å². The summed E-state index contributed by atoms with van der Waals surface area (Å²) in [5.74, 6) is 0.921. The number of hydrogen-bond acceptors (Lipinski definition) is 3. The molecule has 1 N–H and O–H groups in total. The molecule has 0 radical (unpaired) electrons. The molecule has 0 amide bonds. The lowest BCUT2D eigenvalue weighted by molar-refractivity contribution is 0.493. The highest BCUT2D eigenvalue weighted by molar-refractivity contribution is 14.1. The number of hydrogen-bond donors (Lipinski definition) is 1. The Labute approximate surface area is 116 Å². The van der Waals surface area contributed by atoms with Gasteiger partial charge in [0.05, 0.1) is 18.4 Å². The van der Waals surface area contributed by atoms with Crippen molar-refractivity contribution in [2.45, 2.75) is 13.5 Å². The van der Waals surface area contributed by atoms with Crippen molar-refractivity contribution in [3.8, 4) is 0 Å². The molecule has 0 atom stereocenters. The van der Waals surface area contributed by atoms with E-state index in [1.165, 1.54) is 0 Å². The third-order valence-corrected chi connectivity index (χ3v) is 3.52. The van der Waals surface area contributed by atoms with E-state index in [4.69, 9.17) is 4.42 Å². The van der Waals surface area contributed by atoms with Crippen LogP contribution in [0.4, 0.5) is 5.69 Å². The van der Waals surface area contributed by atoms with Crippen LogP contribution in [0.3, 0.4) is 0 Å². The fourth-order valence-corrected chi connectivity index (χ4v) is 1.97. The minimum Gasteiger partial charge on any atom is -0.454 e. The fourth-order valence-electron chi connectivity index (χ4n) is 1.29. The summed E-state index contributed by atoms with van der Waals surface area (Å²) in [4.78, 5) is 4.22. The molecule has 16 heavy (non-hydrogen) atoms. The number of halogens is 2. The molecule has 0 bridgehead atoms. The van der Waals surface area contributed by atoms with Gasteiger partial charge in [-0.15, -0.1) is 0 Å². The first-order chi connectivity index (χ1) is 7.65. The van der Waals surface area contributed by atoms with E-state index < -0.39 is 0 Å². The SMILES string of the molecule is Cc1cc(NCc2ccc(I)o2)cnc1Br. The summed E-state index contributed by atoms with van der Waals surface area (Å²) in [6.45, 7) is 2.68.